The van der Waals surface area contributed by atoms with E-state index < -0.39 is 0 Å². The smallest absolute Gasteiger partial charge is 0.255 e. The number of amides is 1. The summed E-state index contributed by atoms with van der Waals surface area (Å²) in [5, 5.41) is 3.31. The van der Waals surface area contributed by atoms with E-state index in [0.717, 1.165) is 23.5 Å². The Labute approximate surface area is 168 Å². The molecule has 148 valence electrons. The van der Waals surface area contributed by atoms with Crippen molar-refractivity contribution in [2.75, 3.05) is 26.0 Å². The number of nitrogens with one attached hydrogen (secondary N) is 1. The Hall–Kier alpha value is -2.24. The molecule has 6 heteroatoms. The van der Waals surface area contributed by atoms with Crippen LogP contribution in [0, 0.1) is 5.92 Å². The minimum Gasteiger partial charge on any atom is -0.497 e. The summed E-state index contributed by atoms with van der Waals surface area (Å²) in [6, 6.07) is 15.2. The zero-order valence-electron chi connectivity index (χ0n) is 16.4. The second-order valence-electron chi connectivity index (χ2n) is 6.82. The van der Waals surface area contributed by atoms with Crippen molar-refractivity contribution in [1.82, 2.24) is 4.90 Å². The molecule has 2 rings (SSSR count). The Bertz CT molecular complexity index is 720. The lowest BCUT2D eigenvalue weighted by atomic mass is 10.0. The number of carbonyl (C=O) groups excluding carboxylic acids is 1. The molecule has 0 spiro atoms. The van der Waals surface area contributed by atoms with Gasteiger partial charge in [-0.25, -0.2) is 0 Å². The number of benzene rings is 2. The normalized spacial score (nSPS) is 11.5. The molecule has 1 amide bonds. The summed E-state index contributed by atoms with van der Waals surface area (Å²) < 4.78 is 5.18. The number of nitrogens with two attached hydrogens (primary N) is 1. The van der Waals surface area contributed by atoms with Crippen molar-refractivity contribution >= 4 is 29.7 Å². The van der Waals surface area contributed by atoms with Crippen molar-refractivity contribution in [1.29, 1.82) is 0 Å². The molecule has 0 bridgehead atoms. The minimum atomic E-state index is -0.0161. The molecule has 0 saturated heterocycles. The van der Waals surface area contributed by atoms with E-state index in [1.165, 1.54) is 0 Å². The van der Waals surface area contributed by atoms with Gasteiger partial charge in [-0.3, -0.25) is 4.79 Å². The third kappa shape index (κ3) is 6.45. The topological polar surface area (TPSA) is 67.6 Å². The maximum absolute atomic E-state index is 12.9. The summed E-state index contributed by atoms with van der Waals surface area (Å²) in [5.74, 6) is 1.18. The molecule has 27 heavy (non-hydrogen) atoms. The van der Waals surface area contributed by atoms with Crippen LogP contribution < -0.4 is 15.8 Å². The maximum atomic E-state index is 12.9. The summed E-state index contributed by atoms with van der Waals surface area (Å²) in [6.45, 7) is 4.83. The number of carbonyl (C=O) groups is 1. The first-order valence-corrected chi connectivity index (χ1v) is 8.93. The van der Waals surface area contributed by atoms with Crippen molar-refractivity contribution in [2.24, 2.45) is 11.7 Å². The Morgan fingerprint density at radius 3 is 2.37 bits per heavy atom. The van der Waals surface area contributed by atoms with Gasteiger partial charge < -0.3 is 20.7 Å². The van der Waals surface area contributed by atoms with Crippen molar-refractivity contribution in [2.45, 2.75) is 26.3 Å². The van der Waals surface area contributed by atoms with Gasteiger partial charge in [0.2, 0.25) is 0 Å². The summed E-state index contributed by atoms with van der Waals surface area (Å²) in [5.41, 5.74) is 8.42. The van der Waals surface area contributed by atoms with Gasteiger partial charge in [0.25, 0.3) is 5.91 Å². The van der Waals surface area contributed by atoms with E-state index in [2.05, 4.69) is 19.2 Å². The van der Waals surface area contributed by atoms with Crippen LogP contribution in [-0.4, -0.2) is 37.6 Å². The fourth-order valence-electron chi connectivity index (χ4n) is 2.59. The first kappa shape index (κ1) is 22.8. The predicted octanol–water partition coefficient (Wildman–Crippen LogP) is 4.31. The standard InChI is InChI=1S/C21H29N3O2.ClH/c1-15(2)19(22)13-14-24(3)21(25)18-7-5-6-8-20(18)23-16-9-11-17(26-4)12-10-16;/h5-12,15,19,23H,13-14,22H2,1-4H3;1H. The van der Waals surface area contributed by atoms with Crippen LogP contribution in [0.2, 0.25) is 0 Å². The highest BCUT2D eigenvalue weighted by atomic mass is 35.5. The zero-order valence-corrected chi connectivity index (χ0v) is 17.3. The lowest BCUT2D eigenvalue weighted by Crippen LogP contribution is -2.34. The Balaban J connectivity index is 0.00000364. The largest absolute Gasteiger partial charge is 0.497 e. The quantitative estimate of drug-likeness (QED) is 0.703. The van der Waals surface area contributed by atoms with Crippen LogP contribution in [0.25, 0.3) is 0 Å². The highest BCUT2D eigenvalue weighted by Gasteiger charge is 2.17. The number of nitrogens with zero attached hydrogens (tertiary/aromatic N) is 1. The predicted molar refractivity (Wildman–Crippen MR) is 114 cm³/mol. The number of rotatable bonds is 8. The number of halogens is 1. The molecular weight excluding hydrogens is 362 g/mol. The van der Waals surface area contributed by atoms with E-state index in [9.17, 15) is 4.79 Å². The molecule has 0 heterocycles. The first-order valence-electron chi connectivity index (χ1n) is 8.93. The third-order valence-corrected chi connectivity index (χ3v) is 4.53. The summed E-state index contributed by atoms with van der Waals surface area (Å²) in [7, 11) is 3.46. The van der Waals surface area contributed by atoms with Gasteiger partial charge in [0, 0.05) is 25.3 Å². The van der Waals surface area contributed by atoms with Crippen LogP contribution in [0.4, 0.5) is 11.4 Å². The van der Waals surface area contributed by atoms with Gasteiger partial charge in [0.15, 0.2) is 0 Å². The highest BCUT2D eigenvalue weighted by molar-refractivity contribution is 6.00. The Kier molecular flexibility index (Phi) is 9.12. The SMILES string of the molecule is COc1ccc(Nc2ccccc2C(=O)N(C)CCC(N)C(C)C)cc1.Cl. The number of methoxy groups -OCH3 is 1. The van der Waals surface area contributed by atoms with Gasteiger partial charge >= 0.3 is 0 Å². The monoisotopic (exact) mass is 391 g/mol. The average molecular weight is 392 g/mol. The van der Waals surface area contributed by atoms with E-state index in [1.807, 2.05) is 55.6 Å². The minimum absolute atomic E-state index is 0. The number of anilines is 2. The van der Waals surface area contributed by atoms with E-state index in [-0.39, 0.29) is 24.4 Å². The van der Waals surface area contributed by atoms with Crippen LogP contribution in [0.1, 0.15) is 30.6 Å². The molecule has 2 aromatic rings. The molecule has 0 aliphatic rings. The first-order chi connectivity index (χ1) is 12.4. The molecule has 1 unspecified atom stereocenters. The van der Waals surface area contributed by atoms with Gasteiger partial charge in [-0.05, 0) is 48.7 Å². The fraction of sp³-hybridized carbons (Fsp3) is 0.381. The van der Waals surface area contributed by atoms with Crippen molar-refractivity contribution in [3.63, 3.8) is 0 Å². The number of para-hydroxylation sites is 1. The van der Waals surface area contributed by atoms with Gasteiger partial charge in [0.1, 0.15) is 5.75 Å². The van der Waals surface area contributed by atoms with Crippen molar-refractivity contribution < 1.29 is 9.53 Å². The van der Waals surface area contributed by atoms with Gasteiger partial charge in [-0.1, -0.05) is 26.0 Å². The van der Waals surface area contributed by atoms with Crippen LogP contribution in [-0.2, 0) is 0 Å². The molecular formula is C21H30ClN3O2. The van der Waals surface area contributed by atoms with Gasteiger partial charge in [-0.2, -0.15) is 0 Å². The molecule has 5 nitrogen and oxygen atoms in total. The molecule has 0 saturated carbocycles. The Morgan fingerprint density at radius 2 is 1.78 bits per heavy atom. The summed E-state index contributed by atoms with van der Waals surface area (Å²) >= 11 is 0. The second kappa shape index (κ2) is 10.8. The molecule has 0 aliphatic carbocycles. The van der Waals surface area contributed by atoms with E-state index in [1.54, 1.807) is 12.0 Å². The van der Waals surface area contributed by atoms with Crippen LogP contribution >= 0.6 is 12.4 Å². The van der Waals surface area contributed by atoms with Crippen molar-refractivity contribution in [3.05, 3.63) is 54.1 Å². The number of hydrogen-bond acceptors (Lipinski definition) is 4. The van der Waals surface area contributed by atoms with E-state index in [4.69, 9.17) is 10.5 Å². The summed E-state index contributed by atoms with van der Waals surface area (Å²) in [4.78, 5) is 14.6. The molecule has 0 radical (unpaired) electrons. The van der Waals surface area contributed by atoms with E-state index >= 15 is 0 Å². The second-order valence-corrected chi connectivity index (χ2v) is 6.82. The Morgan fingerprint density at radius 1 is 1.15 bits per heavy atom. The number of ether oxygens (including phenoxy) is 1. The van der Waals surface area contributed by atoms with Crippen LogP contribution in [0.5, 0.6) is 5.75 Å². The van der Waals surface area contributed by atoms with Crippen molar-refractivity contribution in [3.8, 4) is 5.75 Å². The molecule has 1 atom stereocenters. The van der Waals surface area contributed by atoms with Gasteiger partial charge in [0.05, 0.1) is 18.4 Å². The molecule has 0 fully saturated rings. The molecule has 0 aliphatic heterocycles. The maximum Gasteiger partial charge on any atom is 0.255 e. The van der Waals surface area contributed by atoms with E-state index in [0.29, 0.717) is 18.0 Å². The third-order valence-electron chi connectivity index (χ3n) is 4.53. The van der Waals surface area contributed by atoms with Crippen LogP contribution in [0.3, 0.4) is 0 Å². The lowest BCUT2D eigenvalue weighted by molar-refractivity contribution is 0.0790. The van der Waals surface area contributed by atoms with Crippen LogP contribution in [0.15, 0.2) is 48.5 Å². The van der Waals surface area contributed by atoms with Gasteiger partial charge in [-0.15, -0.1) is 12.4 Å². The fourth-order valence-corrected chi connectivity index (χ4v) is 2.59. The molecule has 2 aromatic carbocycles. The zero-order chi connectivity index (χ0) is 19.1. The molecule has 0 aromatic heterocycles. The summed E-state index contributed by atoms with van der Waals surface area (Å²) in [6.07, 6.45) is 0.786. The molecule has 3 N–H and O–H groups in total. The highest BCUT2D eigenvalue weighted by Crippen LogP contribution is 2.24. The lowest BCUT2D eigenvalue weighted by Gasteiger charge is -2.22. The number of hydrogen-bond donors (Lipinski definition) is 2. The average Bonchev–Trinajstić information content (AvgIpc) is 2.66.